The number of hydrogen-bond acceptors (Lipinski definition) is 2. The third kappa shape index (κ3) is 23.3. The summed E-state index contributed by atoms with van der Waals surface area (Å²) in [6.07, 6.45) is 0. The predicted molar refractivity (Wildman–Crippen MR) is 174 cm³/mol. The first kappa shape index (κ1) is 48.8. The molecule has 204 valence electrons. The molecule has 4 unspecified atom stereocenters. The first-order chi connectivity index (χ1) is 14.0. The second-order valence-corrected chi connectivity index (χ2v) is 33.0. The summed E-state index contributed by atoms with van der Waals surface area (Å²) >= 11 is 4.96. The maximum absolute atomic E-state index is 4.70. The zero-order chi connectivity index (χ0) is 26.3. The number of rotatable bonds is 3. The maximum atomic E-state index is 4.70. The predicted octanol–water partition coefficient (Wildman–Crippen LogP) is 2.65. The molecule has 0 aliphatic carbocycles. The summed E-state index contributed by atoms with van der Waals surface area (Å²) in [6.45, 7) is 35.9. The molecule has 0 saturated carbocycles. The van der Waals surface area contributed by atoms with Crippen LogP contribution < -0.4 is 37.7 Å². The second kappa shape index (κ2) is 20.9. The third-order valence-corrected chi connectivity index (χ3v) is 10.8. The molecule has 4 nitrogen and oxygen atoms in total. The Kier molecular flexibility index (Phi) is 29.1. The van der Waals surface area contributed by atoms with Crippen molar-refractivity contribution in [1.29, 1.82) is 0 Å². The van der Waals surface area contributed by atoms with Crippen molar-refractivity contribution in [2.24, 2.45) is 0 Å². The van der Waals surface area contributed by atoms with Gasteiger partial charge >= 0.3 is 193 Å². The topological polar surface area (TPSA) is 34.7 Å². The molecular weight excluding hydrogens is 879 g/mol. The van der Waals surface area contributed by atoms with Crippen LogP contribution in [0.15, 0.2) is 0 Å². The van der Waals surface area contributed by atoms with Gasteiger partial charge in [-0.15, -0.1) is 11.1 Å². The van der Waals surface area contributed by atoms with E-state index in [9.17, 15) is 0 Å². The molecule has 0 aromatic rings. The van der Waals surface area contributed by atoms with Gasteiger partial charge in [0.2, 0.25) is 0 Å². The fourth-order valence-electron chi connectivity index (χ4n) is 3.54. The van der Waals surface area contributed by atoms with Gasteiger partial charge in [-0.2, -0.15) is 12.1 Å². The zero-order valence-electron chi connectivity index (χ0n) is 25.7. The van der Waals surface area contributed by atoms with Crippen LogP contribution in [0.1, 0.15) is 118 Å². The molecule has 1 rings (SSSR count). The van der Waals surface area contributed by atoms with Gasteiger partial charge in [-0.05, 0) is 0 Å². The van der Waals surface area contributed by atoms with Gasteiger partial charge < -0.3 is 10.6 Å². The van der Waals surface area contributed by atoms with E-state index < -0.39 is 0 Å². The van der Waals surface area contributed by atoms with Crippen molar-refractivity contribution in [1.82, 2.24) is 6.30 Å². The first-order valence-electron chi connectivity index (χ1n) is 11.6. The van der Waals surface area contributed by atoms with Gasteiger partial charge in [0.1, 0.15) is 0 Å². The molecule has 4 atom stereocenters. The number of hydrogen-bond donors (Lipinski definition) is 0. The minimum atomic E-state index is -0.179. The molecule has 0 spiro atoms. The zero-order valence-corrected chi connectivity index (χ0v) is 34.6. The van der Waals surface area contributed by atoms with E-state index in [-0.39, 0.29) is 77.7 Å². The summed E-state index contributed by atoms with van der Waals surface area (Å²) in [6, 6.07) is 2.00. The van der Waals surface area contributed by atoms with Crippen LogP contribution in [-0.4, -0.2) is 91.8 Å². The molecule has 1 aliphatic heterocycles. The Hall–Kier alpha value is 4.07. The Morgan fingerprint density at radius 1 is 0.714 bits per heavy atom. The summed E-state index contributed by atoms with van der Waals surface area (Å²) in [5.41, 5.74) is 0.744. The van der Waals surface area contributed by atoms with Gasteiger partial charge in [0.25, 0.3) is 0 Å². The molecule has 1 heterocycles. The van der Waals surface area contributed by atoms with Gasteiger partial charge in [-0.1, -0.05) is 62.8 Å². The van der Waals surface area contributed by atoms with Crippen molar-refractivity contribution in [3.63, 3.8) is 0 Å². The van der Waals surface area contributed by atoms with Crippen molar-refractivity contribution < 1.29 is 37.7 Å². The van der Waals surface area contributed by atoms with Crippen LogP contribution in [-0.2, 0) is 0 Å². The van der Waals surface area contributed by atoms with E-state index in [1.165, 1.54) is 0 Å². The first-order valence-corrected chi connectivity index (χ1v) is 26.7. The molecule has 0 amide bonds. The van der Waals surface area contributed by atoms with Crippen molar-refractivity contribution in [3.05, 3.63) is 10.6 Å². The monoisotopic (exact) mass is 940 g/mol. The molecular formula is C25H56I2Li2N4Te2. The van der Waals surface area contributed by atoms with Crippen LogP contribution in [0.4, 0.5) is 0 Å². The van der Waals surface area contributed by atoms with E-state index in [1.807, 2.05) is 0 Å². The summed E-state index contributed by atoms with van der Waals surface area (Å²) in [4.78, 5) is 0. The van der Waals surface area contributed by atoms with E-state index in [0.29, 0.717) is 47.9 Å². The Morgan fingerprint density at radius 2 is 0.914 bits per heavy atom. The van der Waals surface area contributed by atoms with Crippen molar-refractivity contribution in [3.8, 4) is 0 Å². The average Bonchev–Trinajstić information content (AvgIpc) is 2.81. The van der Waals surface area contributed by atoms with Gasteiger partial charge in [0.15, 0.2) is 0 Å². The van der Waals surface area contributed by atoms with Crippen molar-refractivity contribution in [2.75, 3.05) is 0 Å². The number of halogens is 2. The Bertz CT molecular complexity index is 502. The van der Waals surface area contributed by atoms with Crippen LogP contribution >= 0.6 is 31.3 Å². The Labute approximate surface area is 285 Å². The van der Waals surface area contributed by atoms with Crippen LogP contribution in [0.3, 0.4) is 0 Å². The van der Waals surface area contributed by atoms with E-state index in [4.69, 9.17) is 10.6 Å². The molecule has 0 N–H and O–H groups in total. The fourth-order valence-corrected chi connectivity index (χ4v) is 7.33. The van der Waals surface area contributed by atoms with E-state index in [1.54, 1.807) is 0 Å². The summed E-state index contributed by atoms with van der Waals surface area (Å²) in [7, 11) is 0. The number of nitrogens with zero attached hydrogens (tertiary/aromatic N) is 4. The SMILES string of the molecule is C.CC([N-]C(C)(C)C)C(C)[N-]C(C)(C)C.CC1C(C)N(C(C)(C)C)[Te]N1C(C)(C)C.[Li+].[Li+].[Te]=II. The van der Waals surface area contributed by atoms with Gasteiger partial charge in [-0.3, -0.25) is 0 Å². The molecule has 1 aliphatic rings. The van der Waals surface area contributed by atoms with Crippen molar-refractivity contribution in [2.45, 2.75) is 165 Å². The van der Waals surface area contributed by atoms with E-state index >= 15 is 0 Å². The van der Waals surface area contributed by atoms with Crippen molar-refractivity contribution >= 4 is 70.5 Å². The standard InChI is InChI=1S/C12H26N2Te.C12H26N2.CH4.I2Te.2Li/c1-9-10(2)14(12(6,7)8)15-13(9)11(3,4)5;1-9(13-11(3,4)5)10(2)14-12(6,7)8;;1-2-3;;/h9-10H,1-8H3;9-10H,1-8H3;1H4;;;/q;-2;;;2*+1. The summed E-state index contributed by atoms with van der Waals surface area (Å²) in [5, 5.41) is 9.40. The fraction of sp³-hybridized carbons (Fsp3) is 1.00. The molecule has 0 radical (unpaired) electrons. The normalized spacial score (nSPS) is 21.1. The summed E-state index contributed by atoms with van der Waals surface area (Å²) < 4.78 is 5.46. The Morgan fingerprint density at radius 3 is 1.03 bits per heavy atom. The van der Waals surface area contributed by atoms with E-state index in [2.05, 4.69) is 153 Å². The van der Waals surface area contributed by atoms with Crippen LogP contribution in [0.2, 0.25) is 0 Å². The van der Waals surface area contributed by atoms with Crippen LogP contribution in [0.25, 0.3) is 10.6 Å². The molecule has 1 saturated heterocycles. The molecule has 10 heteroatoms. The quantitative estimate of drug-likeness (QED) is 0.323. The average molecular weight is 936 g/mol. The van der Waals surface area contributed by atoms with Gasteiger partial charge in [-0.25, -0.2) is 0 Å². The van der Waals surface area contributed by atoms with Crippen LogP contribution in [0, 0.1) is 0 Å². The molecule has 0 aromatic carbocycles. The van der Waals surface area contributed by atoms with Gasteiger partial charge in [0.05, 0.1) is 0 Å². The molecule has 0 bridgehead atoms. The minimum absolute atomic E-state index is 0. The molecule has 1 fully saturated rings. The van der Waals surface area contributed by atoms with Crippen LogP contribution in [0.5, 0.6) is 0 Å². The third-order valence-electron chi connectivity index (χ3n) is 4.82. The Balaban J connectivity index is -0.000000143. The molecule has 35 heavy (non-hydrogen) atoms. The van der Waals surface area contributed by atoms with E-state index in [0.717, 1.165) is 0 Å². The second-order valence-electron chi connectivity index (χ2n) is 12.7. The summed E-state index contributed by atoms with van der Waals surface area (Å²) in [5.74, 6) is 0. The molecule has 0 aromatic heterocycles. The van der Waals surface area contributed by atoms with Gasteiger partial charge in [0, 0.05) is 0 Å².